The maximum absolute atomic E-state index is 11.3. The molecule has 1 aromatic carbocycles. The van der Waals surface area contributed by atoms with Gasteiger partial charge in [0.1, 0.15) is 12.4 Å². The first kappa shape index (κ1) is 13.7. The Balaban J connectivity index is 1.67. The molecule has 1 saturated carbocycles. The van der Waals surface area contributed by atoms with E-state index >= 15 is 0 Å². The Kier molecular flexibility index (Phi) is 3.69. The lowest BCUT2D eigenvalue weighted by atomic mass is 10.2. The second-order valence-electron chi connectivity index (χ2n) is 5.55. The highest BCUT2D eigenvalue weighted by molar-refractivity contribution is 5.89. The Morgan fingerprint density at radius 3 is 2.86 bits per heavy atom. The van der Waals surface area contributed by atoms with Gasteiger partial charge < -0.3 is 14.4 Å². The summed E-state index contributed by atoms with van der Waals surface area (Å²) in [5, 5.41) is 9.25. The molecule has 1 aliphatic rings. The van der Waals surface area contributed by atoms with Crippen molar-refractivity contribution in [2.24, 2.45) is 0 Å². The van der Waals surface area contributed by atoms with Crippen LogP contribution in [0.1, 0.15) is 40.4 Å². The zero-order chi connectivity index (χ0) is 14.8. The van der Waals surface area contributed by atoms with Gasteiger partial charge in [0.05, 0.1) is 12.1 Å². The molecule has 2 aromatic rings. The van der Waals surface area contributed by atoms with Crippen LogP contribution in [-0.2, 0) is 6.54 Å². The fourth-order valence-electron chi connectivity index (χ4n) is 2.64. The van der Waals surface area contributed by atoms with Gasteiger partial charge in [-0.3, -0.25) is 0 Å². The largest absolute Gasteiger partial charge is 0.492 e. The Morgan fingerprint density at radius 1 is 1.38 bits per heavy atom. The van der Waals surface area contributed by atoms with Crippen molar-refractivity contribution in [2.75, 3.05) is 6.61 Å². The summed E-state index contributed by atoms with van der Waals surface area (Å²) in [6.45, 7) is 3.24. The maximum atomic E-state index is 11.3. The van der Waals surface area contributed by atoms with Gasteiger partial charge in [0.15, 0.2) is 0 Å². The summed E-state index contributed by atoms with van der Waals surface area (Å²) in [6, 6.07) is 9.64. The van der Waals surface area contributed by atoms with E-state index in [2.05, 4.69) is 0 Å². The standard InChI is InChI=1S/C17H19NO3/c1-12-3-2-4-14(11-12)21-10-9-18-8-7-15(17(19)20)16(18)13-5-6-13/h2-4,7-8,11,13H,5-6,9-10H2,1H3,(H,19,20). The fourth-order valence-corrected chi connectivity index (χ4v) is 2.64. The SMILES string of the molecule is Cc1cccc(OCCn2ccc(C(=O)O)c2C2CC2)c1. The smallest absolute Gasteiger partial charge is 0.337 e. The number of carboxylic acids is 1. The van der Waals surface area contributed by atoms with Crippen LogP contribution in [0, 0.1) is 6.92 Å². The molecule has 1 aromatic heterocycles. The number of ether oxygens (including phenoxy) is 1. The van der Waals surface area contributed by atoms with Crippen LogP contribution in [0.15, 0.2) is 36.5 Å². The van der Waals surface area contributed by atoms with Crippen LogP contribution in [0.2, 0.25) is 0 Å². The molecule has 0 atom stereocenters. The second kappa shape index (κ2) is 5.64. The number of carboxylic acid groups (broad SMARTS) is 1. The van der Waals surface area contributed by atoms with Gasteiger partial charge in [-0.25, -0.2) is 4.79 Å². The lowest BCUT2D eigenvalue weighted by Crippen LogP contribution is -2.11. The maximum Gasteiger partial charge on any atom is 0.337 e. The third-order valence-corrected chi connectivity index (χ3v) is 3.79. The molecular formula is C17H19NO3. The van der Waals surface area contributed by atoms with Gasteiger partial charge in [-0.05, 0) is 43.5 Å². The first-order valence-corrected chi connectivity index (χ1v) is 7.27. The molecule has 1 N–H and O–H groups in total. The third kappa shape index (κ3) is 3.10. The molecule has 4 nitrogen and oxygen atoms in total. The molecular weight excluding hydrogens is 266 g/mol. The number of rotatable bonds is 6. The van der Waals surface area contributed by atoms with Crippen LogP contribution in [0.5, 0.6) is 5.75 Å². The average molecular weight is 285 g/mol. The van der Waals surface area contributed by atoms with E-state index in [0.29, 0.717) is 24.6 Å². The fraction of sp³-hybridized carbons (Fsp3) is 0.353. The molecule has 0 spiro atoms. The molecule has 1 fully saturated rings. The Morgan fingerprint density at radius 2 is 2.19 bits per heavy atom. The molecule has 3 rings (SSSR count). The number of hydrogen-bond acceptors (Lipinski definition) is 2. The average Bonchev–Trinajstić information content (AvgIpc) is 3.19. The minimum absolute atomic E-state index is 0.407. The summed E-state index contributed by atoms with van der Waals surface area (Å²) in [5.41, 5.74) is 2.56. The van der Waals surface area contributed by atoms with E-state index in [1.807, 2.05) is 42.0 Å². The lowest BCUT2D eigenvalue weighted by Gasteiger charge is -2.11. The zero-order valence-corrected chi connectivity index (χ0v) is 12.1. The normalized spacial score (nSPS) is 14.1. The Labute approximate surface area is 124 Å². The molecule has 0 unspecified atom stereocenters. The highest BCUT2D eigenvalue weighted by Gasteiger charge is 2.31. The molecule has 4 heteroatoms. The summed E-state index contributed by atoms with van der Waals surface area (Å²) in [5.74, 6) is 0.425. The van der Waals surface area contributed by atoms with E-state index in [4.69, 9.17) is 4.74 Å². The van der Waals surface area contributed by atoms with E-state index in [9.17, 15) is 9.90 Å². The van der Waals surface area contributed by atoms with Crippen molar-refractivity contribution in [3.63, 3.8) is 0 Å². The molecule has 1 heterocycles. The predicted octanol–water partition coefficient (Wildman–Crippen LogP) is 3.45. The summed E-state index contributed by atoms with van der Waals surface area (Å²) < 4.78 is 7.77. The number of carbonyl (C=O) groups is 1. The summed E-state index contributed by atoms with van der Waals surface area (Å²) in [4.78, 5) is 11.3. The molecule has 0 amide bonds. The number of aryl methyl sites for hydroxylation is 1. The van der Waals surface area contributed by atoms with Crippen molar-refractivity contribution >= 4 is 5.97 Å². The summed E-state index contributed by atoms with van der Waals surface area (Å²) in [7, 11) is 0. The van der Waals surface area contributed by atoms with Gasteiger partial charge in [0.2, 0.25) is 0 Å². The Bertz CT molecular complexity index is 656. The van der Waals surface area contributed by atoms with Crippen LogP contribution >= 0.6 is 0 Å². The van der Waals surface area contributed by atoms with Gasteiger partial charge in [0, 0.05) is 17.8 Å². The second-order valence-corrected chi connectivity index (χ2v) is 5.55. The predicted molar refractivity (Wildman–Crippen MR) is 80.0 cm³/mol. The topological polar surface area (TPSA) is 51.5 Å². The van der Waals surface area contributed by atoms with Gasteiger partial charge in [-0.1, -0.05) is 12.1 Å². The first-order chi connectivity index (χ1) is 10.1. The molecule has 0 bridgehead atoms. The van der Waals surface area contributed by atoms with Crippen molar-refractivity contribution in [1.29, 1.82) is 0 Å². The van der Waals surface area contributed by atoms with Gasteiger partial charge in [-0.15, -0.1) is 0 Å². The lowest BCUT2D eigenvalue weighted by molar-refractivity contribution is 0.0695. The Hall–Kier alpha value is -2.23. The highest BCUT2D eigenvalue weighted by atomic mass is 16.5. The van der Waals surface area contributed by atoms with E-state index in [0.717, 1.165) is 24.3 Å². The quantitative estimate of drug-likeness (QED) is 0.884. The van der Waals surface area contributed by atoms with Gasteiger partial charge in [0.25, 0.3) is 0 Å². The molecule has 0 radical (unpaired) electrons. The third-order valence-electron chi connectivity index (χ3n) is 3.79. The number of aromatic carboxylic acids is 1. The van der Waals surface area contributed by atoms with E-state index in [1.54, 1.807) is 6.07 Å². The van der Waals surface area contributed by atoms with Crippen LogP contribution in [-0.4, -0.2) is 22.2 Å². The molecule has 110 valence electrons. The molecule has 1 aliphatic carbocycles. The molecule has 0 saturated heterocycles. The molecule has 0 aliphatic heterocycles. The van der Waals surface area contributed by atoms with Crippen molar-refractivity contribution < 1.29 is 14.6 Å². The van der Waals surface area contributed by atoms with Gasteiger partial charge in [-0.2, -0.15) is 0 Å². The van der Waals surface area contributed by atoms with Crippen molar-refractivity contribution in [2.45, 2.75) is 32.2 Å². The van der Waals surface area contributed by atoms with E-state index in [-0.39, 0.29) is 0 Å². The minimum Gasteiger partial charge on any atom is -0.492 e. The van der Waals surface area contributed by atoms with Crippen LogP contribution in [0.25, 0.3) is 0 Å². The number of aromatic nitrogens is 1. The number of benzene rings is 1. The van der Waals surface area contributed by atoms with Crippen LogP contribution < -0.4 is 4.74 Å². The van der Waals surface area contributed by atoms with Crippen LogP contribution in [0.4, 0.5) is 0 Å². The number of nitrogens with zero attached hydrogens (tertiary/aromatic N) is 1. The molecule has 21 heavy (non-hydrogen) atoms. The van der Waals surface area contributed by atoms with Crippen molar-refractivity contribution in [3.05, 3.63) is 53.3 Å². The summed E-state index contributed by atoms with van der Waals surface area (Å²) >= 11 is 0. The van der Waals surface area contributed by atoms with Crippen LogP contribution in [0.3, 0.4) is 0 Å². The van der Waals surface area contributed by atoms with Crippen molar-refractivity contribution in [3.8, 4) is 5.75 Å². The monoisotopic (exact) mass is 285 g/mol. The number of hydrogen-bond donors (Lipinski definition) is 1. The van der Waals surface area contributed by atoms with E-state index in [1.165, 1.54) is 5.56 Å². The first-order valence-electron chi connectivity index (χ1n) is 7.27. The van der Waals surface area contributed by atoms with Gasteiger partial charge >= 0.3 is 5.97 Å². The highest BCUT2D eigenvalue weighted by Crippen LogP contribution is 2.42. The zero-order valence-electron chi connectivity index (χ0n) is 12.1. The summed E-state index contributed by atoms with van der Waals surface area (Å²) in [6.07, 6.45) is 4.03. The van der Waals surface area contributed by atoms with E-state index < -0.39 is 5.97 Å². The minimum atomic E-state index is -0.838. The van der Waals surface area contributed by atoms with Crippen molar-refractivity contribution in [1.82, 2.24) is 4.57 Å².